The van der Waals surface area contributed by atoms with Crippen LogP contribution in [0.3, 0.4) is 0 Å². The Bertz CT molecular complexity index is 277. The van der Waals surface area contributed by atoms with Crippen LogP contribution in [0.2, 0.25) is 12.1 Å². The third-order valence-corrected chi connectivity index (χ3v) is 8.15. The lowest BCUT2D eigenvalue weighted by atomic mass is 9.98. The molecule has 0 bridgehead atoms. The molecule has 2 nitrogen and oxygen atoms in total. The molecule has 0 aromatic rings. The van der Waals surface area contributed by atoms with Crippen LogP contribution in [0, 0.1) is 23.7 Å². The normalized spacial score (nSPS) is 15.7. The van der Waals surface area contributed by atoms with Crippen molar-refractivity contribution in [1.82, 2.24) is 0 Å². The zero-order valence-corrected chi connectivity index (χ0v) is 22.2. The Labute approximate surface area is 170 Å². The summed E-state index contributed by atoms with van der Waals surface area (Å²) < 4.78 is 12.6. The third-order valence-electron chi connectivity index (χ3n) is 5.25. The van der Waals surface area contributed by atoms with Crippen molar-refractivity contribution in [1.29, 1.82) is 0 Å². The summed E-state index contributed by atoms with van der Waals surface area (Å²) in [5.41, 5.74) is 0. The average Bonchev–Trinajstić information content (AvgIpc) is 2.54. The van der Waals surface area contributed by atoms with Crippen molar-refractivity contribution < 1.29 is 8.85 Å². The van der Waals surface area contributed by atoms with Crippen molar-refractivity contribution in [3.8, 4) is 0 Å². The van der Waals surface area contributed by atoms with Crippen LogP contribution in [0.4, 0.5) is 0 Å². The highest BCUT2D eigenvalue weighted by Crippen LogP contribution is 2.18. The number of rotatable bonds is 17. The smallest absolute Gasteiger partial charge is 0.161 e. The SMILES string of the molecule is CC(C)CCC(O[SiH2]CCCC[SiH2]OC(CCC(C)C)C(C)C)C(C)C. The molecule has 4 heteroatoms. The van der Waals surface area contributed by atoms with E-state index in [0.717, 1.165) is 11.8 Å². The second-order valence-corrected chi connectivity index (χ2v) is 12.6. The molecule has 0 aromatic carbocycles. The summed E-state index contributed by atoms with van der Waals surface area (Å²) in [6.45, 7) is 18.5. The highest BCUT2D eigenvalue weighted by Gasteiger charge is 2.15. The molecule has 26 heavy (non-hydrogen) atoms. The molecule has 0 saturated carbocycles. The minimum Gasteiger partial charge on any atom is -0.421 e. The maximum atomic E-state index is 6.30. The minimum atomic E-state index is -0.329. The van der Waals surface area contributed by atoms with E-state index in [1.807, 2.05) is 0 Å². The molecule has 0 N–H and O–H groups in total. The molecule has 0 aromatic heterocycles. The molecule has 0 radical (unpaired) electrons. The van der Waals surface area contributed by atoms with Gasteiger partial charge in [-0.15, -0.1) is 0 Å². The Morgan fingerprint density at radius 1 is 0.538 bits per heavy atom. The first-order valence-electron chi connectivity index (χ1n) is 11.5. The first kappa shape index (κ1) is 26.4. The summed E-state index contributed by atoms with van der Waals surface area (Å²) in [7, 11) is -0.658. The van der Waals surface area contributed by atoms with Gasteiger partial charge >= 0.3 is 0 Å². The predicted molar refractivity (Wildman–Crippen MR) is 124 cm³/mol. The van der Waals surface area contributed by atoms with Gasteiger partial charge in [0.15, 0.2) is 19.5 Å². The number of unbranched alkanes of at least 4 members (excludes halogenated alkanes) is 1. The summed E-state index contributed by atoms with van der Waals surface area (Å²) in [4.78, 5) is 0. The lowest BCUT2D eigenvalue weighted by molar-refractivity contribution is 0.140. The first-order chi connectivity index (χ1) is 12.2. The average molecular weight is 403 g/mol. The van der Waals surface area contributed by atoms with Crippen molar-refractivity contribution in [2.45, 2.75) is 118 Å². The van der Waals surface area contributed by atoms with Gasteiger partial charge in [0.05, 0.1) is 0 Å². The molecular formula is C22H50O2Si2. The number of hydrogen-bond donors (Lipinski definition) is 0. The summed E-state index contributed by atoms with van der Waals surface area (Å²) in [5, 5.41) is 0. The van der Waals surface area contributed by atoms with Gasteiger partial charge < -0.3 is 8.85 Å². The van der Waals surface area contributed by atoms with Crippen LogP contribution in [0.25, 0.3) is 0 Å². The topological polar surface area (TPSA) is 18.5 Å². The zero-order chi connectivity index (χ0) is 19.9. The van der Waals surface area contributed by atoms with Gasteiger partial charge in [-0.05, 0) is 61.4 Å². The fourth-order valence-electron chi connectivity index (χ4n) is 3.24. The van der Waals surface area contributed by atoms with Crippen LogP contribution in [0.5, 0.6) is 0 Å². The van der Waals surface area contributed by atoms with Crippen LogP contribution >= 0.6 is 0 Å². The molecule has 0 fully saturated rings. The predicted octanol–water partition coefficient (Wildman–Crippen LogP) is 5.73. The van der Waals surface area contributed by atoms with E-state index in [-0.39, 0.29) is 19.5 Å². The Morgan fingerprint density at radius 3 is 1.15 bits per heavy atom. The van der Waals surface area contributed by atoms with E-state index in [0.29, 0.717) is 24.0 Å². The standard InChI is InChI=1S/C22H50O2Si2/c1-17(2)11-13-21(19(5)6)23-25-15-9-10-16-26-24-22(20(7)8)14-12-18(3)4/h17-22H,9-16,25-26H2,1-8H3. The fourth-order valence-corrected chi connectivity index (χ4v) is 6.40. The van der Waals surface area contributed by atoms with Crippen molar-refractivity contribution in [3.63, 3.8) is 0 Å². The van der Waals surface area contributed by atoms with E-state index in [4.69, 9.17) is 8.85 Å². The maximum absolute atomic E-state index is 6.30. The molecule has 0 rings (SSSR count). The van der Waals surface area contributed by atoms with Crippen LogP contribution in [-0.2, 0) is 8.85 Å². The molecule has 0 heterocycles. The van der Waals surface area contributed by atoms with Crippen molar-refractivity contribution in [2.24, 2.45) is 23.7 Å². The second-order valence-electron chi connectivity index (χ2n) is 9.66. The summed E-state index contributed by atoms with van der Waals surface area (Å²) in [6.07, 6.45) is 8.82. The molecular weight excluding hydrogens is 352 g/mol. The van der Waals surface area contributed by atoms with Crippen LogP contribution in [-0.4, -0.2) is 31.7 Å². The van der Waals surface area contributed by atoms with Gasteiger partial charge in [-0.2, -0.15) is 0 Å². The van der Waals surface area contributed by atoms with Crippen LogP contribution in [0.1, 0.15) is 93.9 Å². The molecule has 0 aliphatic rings. The molecule has 0 spiro atoms. The minimum absolute atomic E-state index is 0.329. The molecule has 0 saturated heterocycles. The Balaban J connectivity index is 3.72. The van der Waals surface area contributed by atoms with E-state index in [1.165, 1.54) is 50.6 Å². The highest BCUT2D eigenvalue weighted by molar-refractivity contribution is 6.27. The van der Waals surface area contributed by atoms with E-state index in [1.54, 1.807) is 0 Å². The lowest BCUT2D eigenvalue weighted by Gasteiger charge is -2.23. The largest absolute Gasteiger partial charge is 0.421 e. The molecule has 2 unspecified atom stereocenters. The lowest BCUT2D eigenvalue weighted by Crippen LogP contribution is -2.23. The van der Waals surface area contributed by atoms with Crippen molar-refractivity contribution in [3.05, 3.63) is 0 Å². The van der Waals surface area contributed by atoms with Gasteiger partial charge in [0.25, 0.3) is 0 Å². The van der Waals surface area contributed by atoms with Crippen LogP contribution < -0.4 is 0 Å². The van der Waals surface area contributed by atoms with Gasteiger partial charge in [-0.1, -0.05) is 68.2 Å². The van der Waals surface area contributed by atoms with Crippen LogP contribution in [0.15, 0.2) is 0 Å². The van der Waals surface area contributed by atoms with E-state index < -0.39 is 0 Å². The zero-order valence-electron chi connectivity index (χ0n) is 19.4. The Morgan fingerprint density at radius 2 is 0.885 bits per heavy atom. The molecule has 0 aliphatic heterocycles. The quantitative estimate of drug-likeness (QED) is 0.229. The fraction of sp³-hybridized carbons (Fsp3) is 1.00. The van der Waals surface area contributed by atoms with Gasteiger partial charge in [-0.25, -0.2) is 0 Å². The summed E-state index contributed by atoms with van der Waals surface area (Å²) in [6, 6.07) is 2.69. The molecule has 158 valence electrons. The van der Waals surface area contributed by atoms with Crippen molar-refractivity contribution >= 4 is 19.5 Å². The van der Waals surface area contributed by atoms with E-state index in [2.05, 4.69) is 55.4 Å². The van der Waals surface area contributed by atoms with Crippen molar-refractivity contribution in [2.75, 3.05) is 0 Å². The van der Waals surface area contributed by atoms with E-state index >= 15 is 0 Å². The highest BCUT2D eigenvalue weighted by atomic mass is 28.2. The first-order valence-corrected chi connectivity index (χ1v) is 14.6. The Kier molecular flexibility index (Phi) is 16.5. The van der Waals surface area contributed by atoms with Gasteiger partial charge in [0, 0.05) is 12.2 Å². The molecule has 0 aliphatic carbocycles. The Hall–Kier alpha value is 0.354. The monoisotopic (exact) mass is 402 g/mol. The van der Waals surface area contributed by atoms with Gasteiger partial charge in [-0.3, -0.25) is 0 Å². The van der Waals surface area contributed by atoms with Gasteiger partial charge in [0.1, 0.15) is 0 Å². The second kappa shape index (κ2) is 16.3. The summed E-state index contributed by atoms with van der Waals surface area (Å²) >= 11 is 0. The van der Waals surface area contributed by atoms with E-state index in [9.17, 15) is 0 Å². The maximum Gasteiger partial charge on any atom is 0.161 e. The number of hydrogen-bond acceptors (Lipinski definition) is 2. The van der Waals surface area contributed by atoms with Gasteiger partial charge in [0.2, 0.25) is 0 Å². The summed E-state index contributed by atoms with van der Waals surface area (Å²) in [5.74, 6) is 2.92. The molecule has 0 amide bonds. The molecule has 2 atom stereocenters. The third kappa shape index (κ3) is 15.4.